The zero-order chi connectivity index (χ0) is 16.2. The standard InChI is InChI=1S/C15H15ClN4O3/c1-2-19-4-10(12(21)9-3-11(16)17-18-13(9)19)14(22)20-5-15(6-20)7-23-8-15/h3-4H,2,5-8H2,1H3. The van der Waals surface area contributed by atoms with Gasteiger partial charge in [-0.25, -0.2) is 0 Å². The van der Waals surface area contributed by atoms with Crippen LogP contribution in [0.1, 0.15) is 17.3 Å². The van der Waals surface area contributed by atoms with Crippen molar-refractivity contribution < 1.29 is 9.53 Å². The molecule has 0 aromatic carbocycles. The molecule has 0 radical (unpaired) electrons. The van der Waals surface area contributed by atoms with E-state index in [2.05, 4.69) is 10.2 Å². The van der Waals surface area contributed by atoms with Crippen molar-refractivity contribution in [1.29, 1.82) is 0 Å². The molecule has 23 heavy (non-hydrogen) atoms. The second-order valence-electron chi connectivity index (χ2n) is 6.22. The molecular formula is C15H15ClN4O3. The summed E-state index contributed by atoms with van der Waals surface area (Å²) in [5.74, 6) is -0.246. The number of halogens is 1. The van der Waals surface area contributed by atoms with Crippen LogP contribution in [0.5, 0.6) is 0 Å². The first-order valence-electron chi connectivity index (χ1n) is 7.46. The van der Waals surface area contributed by atoms with Crippen molar-refractivity contribution in [2.24, 2.45) is 5.41 Å². The molecule has 1 amide bonds. The van der Waals surface area contributed by atoms with Crippen LogP contribution in [0.25, 0.3) is 11.0 Å². The lowest BCUT2D eigenvalue weighted by Gasteiger charge is -2.54. The van der Waals surface area contributed by atoms with Gasteiger partial charge in [0.05, 0.1) is 24.0 Å². The molecule has 8 heteroatoms. The predicted molar refractivity (Wildman–Crippen MR) is 83.6 cm³/mol. The second-order valence-corrected chi connectivity index (χ2v) is 6.60. The third kappa shape index (κ3) is 2.14. The molecule has 0 aliphatic carbocycles. The molecule has 4 heterocycles. The molecule has 2 aromatic rings. The van der Waals surface area contributed by atoms with Crippen LogP contribution in [0.3, 0.4) is 0 Å². The summed E-state index contributed by atoms with van der Waals surface area (Å²) in [5, 5.41) is 8.21. The van der Waals surface area contributed by atoms with Crippen LogP contribution >= 0.6 is 11.6 Å². The minimum atomic E-state index is -0.350. The van der Waals surface area contributed by atoms with Gasteiger partial charge in [0.25, 0.3) is 5.91 Å². The molecule has 2 aliphatic heterocycles. The Morgan fingerprint density at radius 2 is 2.13 bits per heavy atom. The lowest BCUT2D eigenvalue weighted by atomic mass is 9.78. The van der Waals surface area contributed by atoms with Gasteiger partial charge in [0.2, 0.25) is 5.43 Å². The molecule has 2 fully saturated rings. The maximum absolute atomic E-state index is 12.7. The summed E-state index contributed by atoms with van der Waals surface area (Å²) in [6.45, 7) is 5.16. The van der Waals surface area contributed by atoms with E-state index in [-0.39, 0.29) is 27.5 Å². The number of carbonyl (C=O) groups excluding carboxylic acids is 1. The Morgan fingerprint density at radius 3 is 2.74 bits per heavy atom. The van der Waals surface area contributed by atoms with Gasteiger partial charge in [-0.05, 0) is 13.0 Å². The van der Waals surface area contributed by atoms with Gasteiger partial charge in [-0.1, -0.05) is 11.6 Å². The number of fused-ring (bicyclic) bond motifs is 1. The van der Waals surface area contributed by atoms with Crippen molar-refractivity contribution in [3.8, 4) is 0 Å². The van der Waals surface area contributed by atoms with E-state index < -0.39 is 0 Å². The number of ether oxygens (including phenoxy) is 1. The first kappa shape index (κ1) is 14.6. The van der Waals surface area contributed by atoms with Gasteiger partial charge in [-0.15, -0.1) is 10.2 Å². The third-order valence-corrected chi connectivity index (χ3v) is 4.70. The fourth-order valence-electron chi connectivity index (χ4n) is 3.21. The molecule has 7 nitrogen and oxygen atoms in total. The number of aromatic nitrogens is 3. The number of carbonyl (C=O) groups is 1. The maximum atomic E-state index is 12.7. The molecule has 120 valence electrons. The predicted octanol–water partition coefficient (Wildman–Crippen LogP) is 0.937. The molecule has 4 rings (SSSR count). The molecule has 0 unspecified atom stereocenters. The number of hydrogen-bond acceptors (Lipinski definition) is 5. The van der Waals surface area contributed by atoms with Crippen molar-refractivity contribution in [1.82, 2.24) is 19.7 Å². The molecule has 1 spiro atoms. The Balaban J connectivity index is 1.76. The van der Waals surface area contributed by atoms with Crippen LogP contribution in [-0.4, -0.2) is 51.9 Å². The van der Waals surface area contributed by atoms with Crippen LogP contribution in [-0.2, 0) is 11.3 Å². The average Bonchev–Trinajstić information content (AvgIpc) is 2.45. The van der Waals surface area contributed by atoms with Crippen molar-refractivity contribution in [2.45, 2.75) is 13.5 Å². The van der Waals surface area contributed by atoms with E-state index in [4.69, 9.17) is 16.3 Å². The smallest absolute Gasteiger partial charge is 0.259 e. The van der Waals surface area contributed by atoms with Crippen LogP contribution in [0.4, 0.5) is 0 Å². The van der Waals surface area contributed by atoms with Crippen molar-refractivity contribution in [3.63, 3.8) is 0 Å². The number of amides is 1. The Kier molecular flexibility index (Phi) is 3.18. The average molecular weight is 335 g/mol. The van der Waals surface area contributed by atoms with Gasteiger partial charge >= 0.3 is 0 Å². The highest BCUT2D eigenvalue weighted by Gasteiger charge is 2.51. The van der Waals surface area contributed by atoms with Gasteiger partial charge in [0.1, 0.15) is 5.56 Å². The summed E-state index contributed by atoms with van der Waals surface area (Å²) in [6, 6.07) is 1.46. The number of likely N-dealkylation sites (tertiary alicyclic amines) is 1. The topological polar surface area (TPSA) is 77.3 Å². The highest BCUT2D eigenvalue weighted by molar-refractivity contribution is 6.29. The third-order valence-electron chi connectivity index (χ3n) is 4.52. The largest absolute Gasteiger partial charge is 0.380 e. The molecular weight excluding hydrogens is 320 g/mol. The normalized spacial score (nSPS) is 18.8. The molecule has 0 N–H and O–H groups in total. The number of aryl methyl sites for hydroxylation is 1. The monoisotopic (exact) mass is 334 g/mol. The number of nitrogens with zero attached hydrogens (tertiary/aromatic N) is 4. The summed E-state index contributed by atoms with van der Waals surface area (Å²) >= 11 is 5.85. The van der Waals surface area contributed by atoms with Crippen molar-refractivity contribution in [2.75, 3.05) is 26.3 Å². The number of rotatable bonds is 2. The molecule has 2 aliphatic rings. The fourth-order valence-corrected chi connectivity index (χ4v) is 3.35. The Morgan fingerprint density at radius 1 is 1.39 bits per heavy atom. The molecule has 2 saturated heterocycles. The van der Waals surface area contributed by atoms with E-state index in [1.165, 1.54) is 6.07 Å². The zero-order valence-corrected chi connectivity index (χ0v) is 13.3. The summed E-state index contributed by atoms with van der Waals surface area (Å²) in [4.78, 5) is 27.0. The second kappa shape index (κ2) is 5.01. The molecule has 2 aromatic heterocycles. The zero-order valence-electron chi connectivity index (χ0n) is 12.6. The Labute approximate surface area is 136 Å². The van der Waals surface area contributed by atoms with E-state index in [0.29, 0.717) is 43.9 Å². The van der Waals surface area contributed by atoms with Crippen LogP contribution in [0.2, 0.25) is 5.15 Å². The molecule has 0 atom stereocenters. The number of hydrogen-bond donors (Lipinski definition) is 0. The Hall–Kier alpha value is -1.99. The summed E-state index contributed by atoms with van der Waals surface area (Å²) < 4.78 is 6.96. The summed E-state index contributed by atoms with van der Waals surface area (Å²) in [5.41, 5.74) is 0.354. The lowest BCUT2D eigenvalue weighted by Crippen LogP contribution is -2.67. The molecule has 0 bridgehead atoms. The van der Waals surface area contributed by atoms with Crippen LogP contribution in [0, 0.1) is 5.41 Å². The van der Waals surface area contributed by atoms with Gasteiger partial charge in [-0.3, -0.25) is 9.59 Å². The van der Waals surface area contributed by atoms with Gasteiger partial charge in [0.15, 0.2) is 10.8 Å². The van der Waals surface area contributed by atoms with Crippen molar-refractivity contribution >= 4 is 28.5 Å². The molecule has 0 saturated carbocycles. The first-order chi connectivity index (χ1) is 11.0. The van der Waals surface area contributed by atoms with E-state index in [0.717, 1.165) is 0 Å². The highest BCUT2D eigenvalue weighted by Crippen LogP contribution is 2.38. The van der Waals surface area contributed by atoms with E-state index >= 15 is 0 Å². The minimum Gasteiger partial charge on any atom is -0.380 e. The van der Waals surface area contributed by atoms with Gasteiger partial charge in [-0.2, -0.15) is 0 Å². The van der Waals surface area contributed by atoms with Crippen LogP contribution < -0.4 is 5.43 Å². The SMILES string of the molecule is CCn1cc(C(=O)N2CC3(COC3)C2)c(=O)c2cc(Cl)nnc21. The van der Waals surface area contributed by atoms with E-state index in [1.807, 2.05) is 6.92 Å². The number of pyridine rings is 1. The highest BCUT2D eigenvalue weighted by atomic mass is 35.5. The van der Waals surface area contributed by atoms with Gasteiger partial charge in [0, 0.05) is 25.8 Å². The lowest BCUT2D eigenvalue weighted by molar-refractivity contribution is -0.176. The van der Waals surface area contributed by atoms with Gasteiger partial charge < -0.3 is 14.2 Å². The summed E-state index contributed by atoms with van der Waals surface area (Å²) in [6.07, 6.45) is 1.57. The van der Waals surface area contributed by atoms with Crippen molar-refractivity contribution in [3.05, 3.63) is 33.2 Å². The van der Waals surface area contributed by atoms with Crippen LogP contribution in [0.15, 0.2) is 17.1 Å². The Bertz CT molecular complexity index is 867. The first-order valence-corrected chi connectivity index (χ1v) is 7.84. The quantitative estimate of drug-likeness (QED) is 0.816. The minimum absolute atomic E-state index is 0.116. The summed E-state index contributed by atoms with van der Waals surface area (Å²) in [7, 11) is 0. The maximum Gasteiger partial charge on any atom is 0.259 e. The van der Waals surface area contributed by atoms with E-state index in [1.54, 1.807) is 15.7 Å². The fraction of sp³-hybridized carbons (Fsp3) is 0.467. The van der Waals surface area contributed by atoms with E-state index in [9.17, 15) is 9.59 Å².